The van der Waals surface area contributed by atoms with Crippen molar-refractivity contribution in [3.8, 4) is 5.75 Å². The molecule has 1 saturated heterocycles. The second-order valence-corrected chi connectivity index (χ2v) is 5.41. The first-order chi connectivity index (χ1) is 11.6. The number of amides is 1. The molecule has 24 heavy (non-hydrogen) atoms. The number of hydrogen-bond donors (Lipinski definition) is 1. The first-order valence-corrected chi connectivity index (χ1v) is 7.61. The molecule has 0 saturated carbocycles. The fraction of sp³-hybridized carbons (Fsp3) is 0.294. The van der Waals surface area contributed by atoms with E-state index in [9.17, 15) is 13.6 Å². The minimum absolute atomic E-state index is 0.0330. The molecule has 1 aromatic heterocycles. The van der Waals surface area contributed by atoms with Crippen molar-refractivity contribution < 1.29 is 18.3 Å². The second-order valence-electron chi connectivity index (χ2n) is 5.41. The maximum Gasteiger partial charge on any atom is 0.387 e. The van der Waals surface area contributed by atoms with Crippen molar-refractivity contribution in [1.82, 2.24) is 15.2 Å². The van der Waals surface area contributed by atoms with Gasteiger partial charge in [-0.05, 0) is 35.9 Å². The highest BCUT2D eigenvalue weighted by Crippen LogP contribution is 2.24. The van der Waals surface area contributed by atoms with Crippen molar-refractivity contribution in [2.24, 2.45) is 0 Å². The minimum atomic E-state index is -2.88. The van der Waals surface area contributed by atoms with Gasteiger partial charge in [0.1, 0.15) is 5.75 Å². The molecule has 0 bridgehead atoms. The molecule has 0 spiro atoms. The maximum absolute atomic E-state index is 12.8. The Morgan fingerprint density at radius 2 is 2.08 bits per heavy atom. The summed E-state index contributed by atoms with van der Waals surface area (Å²) in [7, 11) is 0. The number of aromatic nitrogens is 1. The van der Waals surface area contributed by atoms with Crippen LogP contribution in [-0.4, -0.2) is 42.0 Å². The summed E-state index contributed by atoms with van der Waals surface area (Å²) in [5, 5.41) is 3.28. The fourth-order valence-electron chi connectivity index (χ4n) is 2.76. The number of carbonyl (C=O) groups excluding carboxylic acids is 1. The SMILES string of the molecule is O=C(c1ccc(OC(F)F)cc1)N1CCNCC1c1cccnc1. The lowest BCUT2D eigenvalue weighted by Gasteiger charge is -2.36. The van der Waals surface area contributed by atoms with Crippen molar-refractivity contribution in [3.05, 3.63) is 59.9 Å². The van der Waals surface area contributed by atoms with E-state index in [1.165, 1.54) is 24.3 Å². The Hall–Kier alpha value is -2.54. The molecule has 7 heteroatoms. The summed E-state index contributed by atoms with van der Waals surface area (Å²) in [6.45, 7) is -0.970. The number of nitrogens with one attached hydrogen (secondary N) is 1. The molecule has 1 fully saturated rings. The maximum atomic E-state index is 12.8. The van der Waals surface area contributed by atoms with Crippen LogP contribution in [0.15, 0.2) is 48.8 Å². The Bertz CT molecular complexity index is 680. The van der Waals surface area contributed by atoms with Crippen molar-refractivity contribution in [2.45, 2.75) is 12.7 Å². The van der Waals surface area contributed by atoms with Gasteiger partial charge in [0.2, 0.25) is 0 Å². The summed E-state index contributed by atoms with van der Waals surface area (Å²) in [5.41, 5.74) is 1.39. The van der Waals surface area contributed by atoms with Gasteiger partial charge in [-0.15, -0.1) is 0 Å². The quantitative estimate of drug-likeness (QED) is 0.934. The first kappa shape index (κ1) is 16.3. The molecule has 126 valence electrons. The van der Waals surface area contributed by atoms with Gasteiger partial charge in [-0.1, -0.05) is 6.07 Å². The number of benzene rings is 1. The Labute approximate surface area is 138 Å². The molecule has 2 aromatic rings. The van der Waals surface area contributed by atoms with Crippen molar-refractivity contribution >= 4 is 5.91 Å². The fourth-order valence-corrected chi connectivity index (χ4v) is 2.76. The van der Waals surface area contributed by atoms with Crippen LogP contribution in [0.2, 0.25) is 0 Å². The van der Waals surface area contributed by atoms with Crippen LogP contribution in [0.4, 0.5) is 8.78 Å². The van der Waals surface area contributed by atoms with Gasteiger partial charge >= 0.3 is 6.61 Å². The van der Waals surface area contributed by atoms with E-state index in [0.717, 1.165) is 5.56 Å². The normalized spacial score (nSPS) is 17.8. The summed E-state index contributed by atoms with van der Waals surface area (Å²) in [6, 6.07) is 9.41. The lowest BCUT2D eigenvalue weighted by molar-refractivity contribution is -0.0498. The summed E-state index contributed by atoms with van der Waals surface area (Å²) in [4.78, 5) is 18.7. The molecule has 1 N–H and O–H groups in total. The van der Waals surface area contributed by atoms with E-state index in [1.807, 2.05) is 12.1 Å². The number of halogens is 2. The zero-order valence-corrected chi connectivity index (χ0v) is 12.9. The van der Waals surface area contributed by atoms with E-state index in [2.05, 4.69) is 15.0 Å². The highest BCUT2D eigenvalue weighted by molar-refractivity contribution is 5.94. The third-order valence-electron chi connectivity index (χ3n) is 3.90. The summed E-state index contributed by atoms with van der Waals surface area (Å²) < 4.78 is 28.7. The van der Waals surface area contributed by atoms with E-state index in [4.69, 9.17) is 0 Å². The first-order valence-electron chi connectivity index (χ1n) is 7.61. The van der Waals surface area contributed by atoms with Crippen LogP contribution in [0, 0.1) is 0 Å². The predicted octanol–water partition coefficient (Wildman–Crippen LogP) is 2.47. The third kappa shape index (κ3) is 3.68. The smallest absolute Gasteiger partial charge is 0.387 e. The lowest BCUT2D eigenvalue weighted by atomic mass is 10.0. The summed E-state index contributed by atoms with van der Waals surface area (Å²) in [6.07, 6.45) is 3.44. The Balaban J connectivity index is 1.79. The van der Waals surface area contributed by atoms with Crippen LogP contribution in [0.1, 0.15) is 22.0 Å². The molecule has 1 unspecified atom stereocenters. The van der Waals surface area contributed by atoms with Crippen molar-refractivity contribution in [2.75, 3.05) is 19.6 Å². The summed E-state index contributed by atoms with van der Waals surface area (Å²) >= 11 is 0. The van der Waals surface area contributed by atoms with E-state index in [1.54, 1.807) is 17.3 Å². The molecule has 1 aromatic carbocycles. The van der Waals surface area contributed by atoms with E-state index < -0.39 is 6.61 Å². The standard InChI is InChI=1S/C17H17F2N3O2/c18-17(19)24-14-5-3-12(4-6-14)16(23)22-9-8-21-11-15(22)13-2-1-7-20-10-13/h1-7,10,15,17,21H,8-9,11H2. The summed E-state index contributed by atoms with van der Waals surface area (Å²) in [5.74, 6) is -0.111. The number of ether oxygens (including phenoxy) is 1. The monoisotopic (exact) mass is 333 g/mol. The Kier molecular flexibility index (Phi) is 5.00. The topological polar surface area (TPSA) is 54.5 Å². The molecule has 1 atom stereocenters. The molecule has 0 radical (unpaired) electrons. The van der Waals surface area contributed by atoms with Crippen molar-refractivity contribution in [3.63, 3.8) is 0 Å². The van der Waals surface area contributed by atoms with E-state index >= 15 is 0 Å². The zero-order chi connectivity index (χ0) is 16.9. The molecule has 1 aliphatic heterocycles. The predicted molar refractivity (Wildman–Crippen MR) is 84.0 cm³/mol. The molecule has 3 rings (SSSR count). The van der Waals surface area contributed by atoms with Crippen molar-refractivity contribution in [1.29, 1.82) is 0 Å². The number of piperazine rings is 1. The van der Waals surface area contributed by atoms with E-state index in [0.29, 0.717) is 25.2 Å². The van der Waals surface area contributed by atoms with Crippen LogP contribution in [-0.2, 0) is 0 Å². The molecule has 1 aliphatic rings. The average Bonchev–Trinajstić information content (AvgIpc) is 2.62. The molecular formula is C17H17F2N3O2. The second kappa shape index (κ2) is 7.35. The Morgan fingerprint density at radius 3 is 2.75 bits per heavy atom. The number of alkyl halides is 2. The molecule has 1 amide bonds. The van der Waals surface area contributed by atoms with Crippen LogP contribution < -0.4 is 10.1 Å². The number of nitrogens with zero attached hydrogens (tertiary/aromatic N) is 2. The molecule has 0 aliphatic carbocycles. The molecule has 5 nitrogen and oxygen atoms in total. The molecule has 2 heterocycles. The number of hydrogen-bond acceptors (Lipinski definition) is 4. The Morgan fingerprint density at radius 1 is 1.29 bits per heavy atom. The van der Waals surface area contributed by atoms with Crippen LogP contribution >= 0.6 is 0 Å². The van der Waals surface area contributed by atoms with Gasteiger partial charge in [-0.2, -0.15) is 8.78 Å². The van der Waals surface area contributed by atoms with E-state index in [-0.39, 0.29) is 17.7 Å². The van der Waals surface area contributed by atoms with Gasteiger partial charge in [0.15, 0.2) is 0 Å². The van der Waals surface area contributed by atoms with Crippen LogP contribution in [0.25, 0.3) is 0 Å². The van der Waals surface area contributed by atoms with Gasteiger partial charge in [0.05, 0.1) is 6.04 Å². The largest absolute Gasteiger partial charge is 0.435 e. The average molecular weight is 333 g/mol. The highest BCUT2D eigenvalue weighted by Gasteiger charge is 2.28. The van der Waals surface area contributed by atoms with Gasteiger partial charge in [0, 0.05) is 37.6 Å². The zero-order valence-electron chi connectivity index (χ0n) is 12.9. The number of rotatable bonds is 4. The number of carbonyl (C=O) groups is 1. The van der Waals surface area contributed by atoms with Crippen LogP contribution in [0.3, 0.4) is 0 Å². The van der Waals surface area contributed by atoms with Gasteiger partial charge in [-0.3, -0.25) is 9.78 Å². The minimum Gasteiger partial charge on any atom is -0.435 e. The lowest BCUT2D eigenvalue weighted by Crippen LogP contribution is -2.48. The van der Waals surface area contributed by atoms with Gasteiger partial charge in [-0.25, -0.2) is 0 Å². The molecular weight excluding hydrogens is 316 g/mol. The van der Waals surface area contributed by atoms with Gasteiger partial charge < -0.3 is 15.0 Å². The van der Waals surface area contributed by atoms with Crippen LogP contribution in [0.5, 0.6) is 5.75 Å². The third-order valence-corrected chi connectivity index (χ3v) is 3.90. The highest BCUT2D eigenvalue weighted by atomic mass is 19.3. The number of pyridine rings is 1. The van der Waals surface area contributed by atoms with Gasteiger partial charge in [0.25, 0.3) is 5.91 Å².